The van der Waals surface area contributed by atoms with E-state index in [1.54, 1.807) is 0 Å². The average molecular weight is 295 g/mol. The zero-order chi connectivity index (χ0) is 13.2. The molecule has 0 spiro atoms. The Labute approximate surface area is 123 Å². The maximum Gasteiger partial charge on any atom is 0.0705 e. The largest absolute Gasteiger partial charge is 0.356 e. The van der Waals surface area contributed by atoms with Gasteiger partial charge >= 0.3 is 0 Å². The van der Waals surface area contributed by atoms with E-state index in [1.807, 2.05) is 23.9 Å². The van der Waals surface area contributed by atoms with E-state index in [9.17, 15) is 0 Å². The van der Waals surface area contributed by atoms with Crippen LogP contribution in [0.3, 0.4) is 0 Å². The van der Waals surface area contributed by atoms with E-state index in [0.717, 1.165) is 33.4 Å². The van der Waals surface area contributed by atoms with Crippen LogP contribution in [0.15, 0.2) is 24.3 Å². The summed E-state index contributed by atoms with van der Waals surface area (Å²) in [5.41, 5.74) is 2.23. The summed E-state index contributed by atoms with van der Waals surface area (Å²) in [6.07, 6.45) is 6.16. The Morgan fingerprint density at radius 1 is 1.37 bits per heavy atom. The molecule has 0 aliphatic heterocycles. The first kappa shape index (κ1) is 13.3. The van der Waals surface area contributed by atoms with Crippen molar-refractivity contribution >= 4 is 34.3 Å². The van der Waals surface area contributed by atoms with Gasteiger partial charge in [0.2, 0.25) is 0 Å². The lowest BCUT2D eigenvalue weighted by molar-refractivity contribution is 0.528. The minimum absolute atomic E-state index is 0.623. The predicted octanol–water partition coefficient (Wildman–Crippen LogP) is 4.20. The molecule has 1 aliphatic carbocycles. The lowest BCUT2D eigenvalue weighted by Gasteiger charge is -2.18. The van der Waals surface area contributed by atoms with E-state index in [2.05, 4.69) is 28.7 Å². The van der Waals surface area contributed by atoms with Crippen LogP contribution in [-0.2, 0) is 6.54 Å². The highest BCUT2D eigenvalue weighted by Gasteiger charge is 2.26. The summed E-state index contributed by atoms with van der Waals surface area (Å²) < 4.78 is 0. The summed E-state index contributed by atoms with van der Waals surface area (Å²) in [6, 6.07) is 8.83. The Bertz CT molecular complexity index is 566. The second kappa shape index (κ2) is 5.78. The highest BCUT2D eigenvalue weighted by Crippen LogP contribution is 2.30. The maximum absolute atomic E-state index is 6.44. The van der Waals surface area contributed by atoms with Gasteiger partial charge in [-0.25, -0.2) is 0 Å². The minimum atomic E-state index is 0.623. The molecule has 1 saturated carbocycles. The maximum atomic E-state index is 6.44. The number of rotatable bonds is 4. The number of hydrogen-bond acceptors (Lipinski definition) is 2. The number of para-hydroxylation sites is 1. The Morgan fingerprint density at radius 2 is 2.21 bits per heavy atom. The van der Waals surface area contributed by atoms with Gasteiger partial charge in [0.15, 0.2) is 0 Å². The van der Waals surface area contributed by atoms with Crippen molar-refractivity contribution in [1.29, 1.82) is 0 Å². The van der Waals surface area contributed by atoms with Gasteiger partial charge in [0.25, 0.3) is 0 Å². The van der Waals surface area contributed by atoms with Gasteiger partial charge in [-0.2, -0.15) is 11.8 Å². The molecule has 0 amide bonds. The van der Waals surface area contributed by atoms with Crippen LogP contribution in [0.2, 0.25) is 5.02 Å². The zero-order valence-corrected chi connectivity index (χ0v) is 12.7. The summed E-state index contributed by atoms with van der Waals surface area (Å²) in [6.45, 7) is 0.829. The second-order valence-electron chi connectivity index (χ2n) is 5.16. The van der Waals surface area contributed by atoms with Crippen LogP contribution in [0.4, 0.5) is 0 Å². The molecule has 1 heterocycles. The normalized spacial score (nSPS) is 23.3. The number of aromatic amines is 1. The summed E-state index contributed by atoms with van der Waals surface area (Å²) in [4.78, 5) is 3.42. The van der Waals surface area contributed by atoms with Crippen LogP contribution in [0.5, 0.6) is 0 Å². The molecule has 0 bridgehead atoms. The Kier molecular flexibility index (Phi) is 4.06. The van der Waals surface area contributed by atoms with Gasteiger partial charge in [0, 0.05) is 34.4 Å². The predicted molar refractivity (Wildman–Crippen MR) is 85.1 cm³/mol. The third-order valence-electron chi connectivity index (χ3n) is 4.01. The molecule has 19 heavy (non-hydrogen) atoms. The van der Waals surface area contributed by atoms with E-state index in [0.29, 0.717) is 6.04 Å². The molecule has 2 nitrogen and oxygen atoms in total. The summed E-state index contributed by atoms with van der Waals surface area (Å²) in [5, 5.41) is 6.40. The number of nitrogens with one attached hydrogen (secondary N) is 2. The van der Waals surface area contributed by atoms with E-state index in [4.69, 9.17) is 11.6 Å². The molecule has 1 aromatic carbocycles. The third kappa shape index (κ3) is 2.64. The second-order valence-corrected chi connectivity index (χ2v) is 6.61. The standard InChI is InChI=1S/C15H19ClN2S/c1-19-14-8-4-7-12(14)17-9-13-15(16)10-5-2-3-6-11(10)18-13/h2-3,5-6,12,14,17-18H,4,7-9H2,1H3. The molecular formula is C15H19ClN2S. The van der Waals surface area contributed by atoms with Gasteiger partial charge < -0.3 is 10.3 Å². The Hall–Kier alpha value is -0.640. The first-order chi connectivity index (χ1) is 9.29. The lowest BCUT2D eigenvalue weighted by atomic mass is 10.2. The van der Waals surface area contributed by atoms with Gasteiger partial charge in [0.05, 0.1) is 5.02 Å². The molecule has 1 aliphatic rings. The number of halogens is 1. The van der Waals surface area contributed by atoms with Crippen molar-refractivity contribution in [1.82, 2.24) is 10.3 Å². The lowest BCUT2D eigenvalue weighted by Crippen LogP contribution is -2.33. The quantitative estimate of drug-likeness (QED) is 0.885. The van der Waals surface area contributed by atoms with Crippen molar-refractivity contribution < 1.29 is 0 Å². The first-order valence-corrected chi connectivity index (χ1v) is 8.47. The summed E-state index contributed by atoms with van der Waals surface area (Å²) >= 11 is 8.42. The van der Waals surface area contributed by atoms with Crippen LogP contribution in [0.25, 0.3) is 10.9 Å². The van der Waals surface area contributed by atoms with Crippen molar-refractivity contribution in [3.8, 4) is 0 Å². The van der Waals surface area contributed by atoms with E-state index in [1.165, 1.54) is 19.3 Å². The number of aromatic nitrogens is 1. The van der Waals surface area contributed by atoms with Crippen molar-refractivity contribution in [3.63, 3.8) is 0 Å². The van der Waals surface area contributed by atoms with E-state index in [-0.39, 0.29) is 0 Å². The molecule has 2 unspecified atom stereocenters. The number of thioether (sulfide) groups is 1. The first-order valence-electron chi connectivity index (χ1n) is 6.81. The number of fused-ring (bicyclic) bond motifs is 1. The van der Waals surface area contributed by atoms with Crippen molar-refractivity contribution in [2.75, 3.05) is 6.26 Å². The molecule has 0 saturated heterocycles. The average Bonchev–Trinajstić information content (AvgIpc) is 3.01. The number of benzene rings is 1. The fraction of sp³-hybridized carbons (Fsp3) is 0.467. The molecule has 2 N–H and O–H groups in total. The fourth-order valence-corrected chi connectivity index (χ4v) is 4.20. The van der Waals surface area contributed by atoms with Crippen molar-refractivity contribution in [3.05, 3.63) is 35.0 Å². The van der Waals surface area contributed by atoms with Crippen LogP contribution in [0, 0.1) is 0 Å². The monoisotopic (exact) mass is 294 g/mol. The molecule has 3 rings (SSSR count). The van der Waals surface area contributed by atoms with Gasteiger partial charge in [-0.05, 0) is 25.2 Å². The van der Waals surface area contributed by atoms with Gasteiger partial charge in [-0.3, -0.25) is 0 Å². The summed E-state index contributed by atoms with van der Waals surface area (Å²) in [7, 11) is 0. The fourth-order valence-electron chi connectivity index (χ4n) is 2.96. The number of H-pyrrole nitrogens is 1. The molecule has 1 aromatic heterocycles. The molecule has 4 heteroatoms. The Morgan fingerprint density at radius 3 is 3.00 bits per heavy atom. The van der Waals surface area contributed by atoms with Gasteiger partial charge in [-0.15, -0.1) is 0 Å². The minimum Gasteiger partial charge on any atom is -0.356 e. The van der Waals surface area contributed by atoms with Crippen LogP contribution in [0.1, 0.15) is 25.0 Å². The SMILES string of the molecule is CSC1CCCC1NCc1[nH]c2ccccc2c1Cl. The summed E-state index contributed by atoms with van der Waals surface area (Å²) in [5.74, 6) is 0. The van der Waals surface area contributed by atoms with Crippen molar-refractivity contribution in [2.45, 2.75) is 37.1 Å². The molecule has 2 atom stereocenters. The highest BCUT2D eigenvalue weighted by molar-refractivity contribution is 7.99. The molecule has 102 valence electrons. The zero-order valence-electron chi connectivity index (χ0n) is 11.1. The van der Waals surface area contributed by atoms with Gasteiger partial charge in [-0.1, -0.05) is 36.2 Å². The van der Waals surface area contributed by atoms with Crippen LogP contribution < -0.4 is 5.32 Å². The molecule has 0 radical (unpaired) electrons. The van der Waals surface area contributed by atoms with E-state index >= 15 is 0 Å². The van der Waals surface area contributed by atoms with Crippen LogP contribution in [-0.4, -0.2) is 22.5 Å². The topological polar surface area (TPSA) is 27.8 Å². The molecule has 2 aromatic rings. The smallest absolute Gasteiger partial charge is 0.0705 e. The third-order valence-corrected chi connectivity index (χ3v) is 5.61. The van der Waals surface area contributed by atoms with Gasteiger partial charge in [0.1, 0.15) is 0 Å². The molecule has 1 fully saturated rings. The Balaban J connectivity index is 1.73. The van der Waals surface area contributed by atoms with E-state index < -0.39 is 0 Å². The number of hydrogen-bond donors (Lipinski definition) is 2. The van der Waals surface area contributed by atoms with Crippen molar-refractivity contribution in [2.24, 2.45) is 0 Å². The van der Waals surface area contributed by atoms with Crippen LogP contribution >= 0.6 is 23.4 Å². The molecular weight excluding hydrogens is 276 g/mol. The highest BCUT2D eigenvalue weighted by atomic mass is 35.5.